The highest BCUT2D eigenvalue weighted by atomic mass is 28.5. The Hall–Kier alpha value is -0.646. The van der Waals surface area contributed by atoms with E-state index in [0.717, 1.165) is 11.8 Å². The molecule has 4 saturated carbocycles. The van der Waals surface area contributed by atoms with Crippen LogP contribution in [0, 0.1) is 17.8 Å². The first-order valence-corrected chi connectivity index (χ1v) is 19.1. The first kappa shape index (κ1) is 21.9. The standard InChI is InChI=1S/C29H43OSi2/c1-9-19-11-22-15-23(27(2,3)4)16-26(25(22)14-19)28-17-20-10-21(18-28)13-24(12-20)29(28)31(5,6)30-32(29,7)8/h11,15-16,20-21H,9-10,12-14,17-18H2,1-8H3. The highest BCUT2D eigenvalue weighted by Crippen LogP contribution is 2.83. The summed E-state index contributed by atoms with van der Waals surface area (Å²) in [6, 6.07) is 5.28. The zero-order chi connectivity index (χ0) is 22.9. The van der Waals surface area contributed by atoms with Crippen LogP contribution in [0.5, 0.6) is 0 Å². The van der Waals surface area contributed by atoms with E-state index in [9.17, 15) is 0 Å². The molecule has 1 aliphatic heterocycles. The van der Waals surface area contributed by atoms with Crippen LogP contribution in [0.15, 0.2) is 17.7 Å². The molecule has 1 aromatic carbocycles. The lowest BCUT2D eigenvalue weighted by Crippen LogP contribution is -2.84. The molecule has 173 valence electrons. The van der Waals surface area contributed by atoms with Crippen molar-refractivity contribution in [3.63, 3.8) is 0 Å². The molecule has 5 fully saturated rings. The van der Waals surface area contributed by atoms with Gasteiger partial charge in [-0.25, -0.2) is 0 Å². The third kappa shape index (κ3) is 2.44. The van der Waals surface area contributed by atoms with E-state index in [-0.39, 0.29) is 5.41 Å². The summed E-state index contributed by atoms with van der Waals surface area (Å²) in [4.78, 5) is 0. The molecule has 2 atom stereocenters. The van der Waals surface area contributed by atoms with Gasteiger partial charge in [0.25, 0.3) is 0 Å². The van der Waals surface area contributed by atoms with Crippen LogP contribution in [0.25, 0.3) is 6.08 Å². The summed E-state index contributed by atoms with van der Waals surface area (Å²) in [5, 5.41) is 0. The summed E-state index contributed by atoms with van der Waals surface area (Å²) >= 11 is 0. The van der Waals surface area contributed by atoms with Crippen LogP contribution < -0.4 is 0 Å². The van der Waals surface area contributed by atoms with Gasteiger partial charge in [-0.15, -0.1) is 0 Å². The lowest BCUT2D eigenvalue weighted by molar-refractivity contribution is 0.0209. The van der Waals surface area contributed by atoms with Crippen LogP contribution in [0.1, 0.15) is 88.5 Å². The fraction of sp³-hybridized carbons (Fsp3) is 0.690. The number of fused-ring (bicyclic) bond motifs is 1. The molecule has 1 spiro atoms. The quantitative estimate of drug-likeness (QED) is 0.403. The maximum absolute atomic E-state index is 7.04. The van der Waals surface area contributed by atoms with Crippen LogP contribution in [0.3, 0.4) is 0 Å². The molecule has 5 aliphatic carbocycles. The van der Waals surface area contributed by atoms with Crippen molar-refractivity contribution < 1.29 is 4.12 Å². The smallest absolute Gasteiger partial charge is 0.180 e. The minimum Gasteiger partial charge on any atom is -0.455 e. The molecule has 32 heavy (non-hydrogen) atoms. The van der Waals surface area contributed by atoms with Crippen LogP contribution in [-0.4, -0.2) is 16.6 Å². The van der Waals surface area contributed by atoms with E-state index in [2.05, 4.69) is 72.1 Å². The number of benzene rings is 1. The predicted octanol–water partition coefficient (Wildman–Crippen LogP) is 8.09. The van der Waals surface area contributed by atoms with Crippen molar-refractivity contribution in [3.05, 3.63) is 45.9 Å². The molecule has 4 bridgehead atoms. The summed E-state index contributed by atoms with van der Waals surface area (Å²) in [6.45, 7) is 19.9. The van der Waals surface area contributed by atoms with Crippen LogP contribution >= 0.6 is 0 Å². The first-order chi connectivity index (χ1) is 14.8. The molecule has 1 saturated heterocycles. The normalized spacial score (nSPS) is 35.7. The van der Waals surface area contributed by atoms with Crippen molar-refractivity contribution in [2.75, 3.05) is 0 Å². The van der Waals surface area contributed by atoms with Gasteiger partial charge in [-0.3, -0.25) is 0 Å². The van der Waals surface area contributed by atoms with E-state index in [1.54, 1.807) is 27.8 Å². The minimum absolute atomic E-state index is 0.186. The molecule has 0 amide bonds. The fourth-order valence-electron chi connectivity index (χ4n) is 10.3. The number of hydrogen-bond acceptors (Lipinski definition) is 1. The summed E-state index contributed by atoms with van der Waals surface area (Å²) in [7, 11) is -3.62. The van der Waals surface area contributed by atoms with Gasteiger partial charge in [-0.1, -0.05) is 51.5 Å². The fourth-order valence-corrected chi connectivity index (χ4v) is 27.1. The molecule has 3 heteroatoms. The Labute approximate surface area is 198 Å². The van der Waals surface area contributed by atoms with Crippen molar-refractivity contribution in [1.29, 1.82) is 0 Å². The Morgan fingerprint density at radius 1 is 1.00 bits per heavy atom. The molecule has 0 N–H and O–H groups in total. The van der Waals surface area contributed by atoms with Gasteiger partial charge in [0.05, 0.1) is 0 Å². The SMILES string of the molecule is CCC1=Cc2cc(C(C)(C)C)cc(C34CC5C[C](CC(C5)C3)C43[Si](C)(C)O[Si]3(C)C)c2C1. The van der Waals surface area contributed by atoms with E-state index < -0.39 is 16.6 Å². The van der Waals surface area contributed by atoms with E-state index in [4.69, 9.17) is 4.12 Å². The van der Waals surface area contributed by atoms with Crippen molar-refractivity contribution in [1.82, 2.24) is 0 Å². The largest absolute Gasteiger partial charge is 0.455 e. The van der Waals surface area contributed by atoms with Gasteiger partial charge in [0.1, 0.15) is 0 Å². The van der Waals surface area contributed by atoms with Crippen LogP contribution in [0.4, 0.5) is 0 Å². The average Bonchev–Trinajstić information content (AvgIpc) is 3.07. The summed E-state index contributed by atoms with van der Waals surface area (Å²) in [5.74, 6) is 3.84. The molecule has 7 rings (SSSR count). The summed E-state index contributed by atoms with van der Waals surface area (Å²) < 4.78 is 7.47. The van der Waals surface area contributed by atoms with Gasteiger partial charge >= 0.3 is 0 Å². The summed E-state index contributed by atoms with van der Waals surface area (Å²) in [5.41, 5.74) is 8.77. The van der Waals surface area contributed by atoms with Gasteiger partial charge in [0, 0.05) is 10.1 Å². The second-order valence-corrected chi connectivity index (χ2v) is 22.9. The third-order valence-electron chi connectivity index (χ3n) is 10.5. The number of allylic oxidation sites excluding steroid dienone is 1. The highest BCUT2D eigenvalue weighted by molar-refractivity contribution is 7.07. The second-order valence-electron chi connectivity index (χ2n) is 14.0. The zero-order valence-electron chi connectivity index (χ0n) is 21.7. The van der Waals surface area contributed by atoms with Gasteiger partial charge < -0.3 is 4.12 Å². The van der Waals surface area contributed by atoms with Crippen LogP contribution in [-0.2, 0) is 21.4 Å². The first-order valence-electron chi connectivity index (χ1n) is 13.3. The molecule has 2 unspecified atom stereocenters. The molecule has 1 heterocycles. The van der Waals surface area contributed by atoms with E-state index in [1.807, 2.05) is 5.92 Å². The Kier molecular flexibility index (Phi) is 4.31. The molecule has 1 radical (unpaired) electrons. The Morgan fingerprint density at radius 3 is 2.16 bits per heavy atom. The van der Waals surface area contributed by atoms with Gasteiger partial charge in [-0.05, 0) is 117 Å². The number of hydrogen-bond donors (Lipinski definition) is 0. The topological polar surface area (TPSA) is 9.23 Å². The molecule has 1 nitrogen and oxygen atoms in total. The zero-order valence-corrected chi connectivity index (χ0v) is 23.7. The highest BCUT2D eigenvalue weighted by Gasteiger charge is 2.83. The molecular weight excluding hydrogens is 420 g/mol. The number of rotatable bonds is 2. The van der Waals surface area contributed by atoms with Crippen molar-refractivity contribution in [2.45, 2.75) is 114 Å². The van der Waals surface area contributed by atoms with E-state index in [1.165, 1.54) is 44.9 Å². The Balaban J connectivity index is 1.65. The minimum atomic E-state index is -1.81. The van der Waals surface area contributed by atoms with Gasteiger partial charge in [-0.2, -0.15) is 0 Å². The van der Waals surface area contributed by atoms with Crippen molar-refractivity contribution in [3.8, 4) is 0 Å². The van der Waals surface area contributed by atoms with Crippen LogP contribution in [0.2, 0.25) is 30.8 Å². The molecule has 6 aliphatic rings. The van der Waals surface area contributed by atoms with Crippen molar-refractivity contribution >= 4 is 22.7 Å². The van der Waals surface area contributed by atoms with Gasteiger partial charge in [0.2, 0.25) is 0 Å². The van der Waals surface area contributed by atoms with E-state index in [0.29, 0.717) is 10.1 Å². The third-order valence-corrected chi connectivity index (χ3v) is 23.4. The lowest BCUT2D eigenvalue weighted by Gasteiger charge is -2.80. The van der Waals surface area contributed by atoms with E-state index >= 15 is 0 Å². The monoisotopic (exact) mass is 463 g/mol. The Morgan fingerprint density at radius 2 is 1.62 bits per heavy atom. The maximum Gasteiger partial charge on any atom is 0.180 e. The molecule has 1 aromatic rings. The predicted molar refractivity (Wildman–Crippen MR) is 141 cm³/mol. The Bertz CT molecular complexity index is 996. The average molecular weight is 464 g/mol. The summed E-state index contributed by atoms with van der Waals surface area (Å²) in [6.07, 6.45) is 12.1. The lowest BCUT2D eigenvalue weighted by atomic mass is 9.46. The van der Waals surface area contributed by atoms with Crippen molar-refractivity contribution in [2.24, 2.45) is 11.8 Å². The molecule has 0 aromatic heterocycles. The van der Waals surface area contributed by atoms with Gasteiger partial charge in [0.15, 0.2) is 16.6 Å². The second kappa shape index (κ2) is 6.32. The maximum atomic E-state index is 7.04. The molecular formula is C29H43OSi2.